The Morgan fingerprint density at radius 1 is 0.880 bits per heavy atom. The highest BCUT2D eigenvalue weighted by Gasteiger charge is 2.32. The number of carbonyl (C=O) groups is 1. The maximum absolute atomic E-state index is 13.4. The second-order valence-electron chi connectivity index (χ2n) is 6.22. The summed E-state index contributed by atoms with van der Waals surface area (Å²) in [5.41, 5.74) is 1.09. The summed E-state index contributed by atoms with van der Waals surface area (Å²) in [4.78, 5) is 19.9. The van der Waals surface area contributed by atoms with Crippen molar-refractivity contribution in [3.8, 4) is 0 Å². The highest BCUT2D eigenvalue weighted by Crippen LogP contribution is 2.20. The van der Waals surface area contributed by atoms with E-state index in [1.165, 1.54) is 0 Å². The predicted molar refractivity (Wildman–Crippen MR) is 102 cm³/mol. The minimum Gasteiger partial charge on any atom is -0.308 e. The predicted octanol–water partition coefficient (Wildman–Crippen LogP) is 3.43. The zero-order chi connectivity index (χ0) is 19.0. The van der Waals surface area contributed by atoms with Crippen LogP contribution < -0.4 is 0 Å². The molecule has 141 valence electrons. The highest BCUT2D eigenvalue weighted by atomic mass is 16.3. The molecule has 0 aromatic heterocycles. The molecule has 2 atom stereocenters. The largest absolute Gasteiger partial charge is 0.308 e. The summed E-state index contributed by atoms with van der Waals surface area (Å²) in [6, 6.07) is 7.17. The number of rotatable bonds is 10. The van der Waals surface area contributed by atoms with Crippen LogP contribution in [0.3, 0.4) is 0 Å². The molecular weight excluding hydrogens is 314 g/mol. The van der Waals surface area contributed by atoms with Gasteiger partial charge >= 0.3 is 0 Å². The molecule has 2 unspecified atom stereocenters. The standard InChI is InChI=1S/C20H34N3O2/c1-7-21(8-2)16(5)23(17(6)22(9-3)10-4)20(25)19-14-12-11-13-18(19)15-24/h11-14,16-17H,7-10,15H2,1-6H3. The second kappa shape index (κ2) is 10.5. The number of hydrogen-bond acceptors (Lipinski definition) is 3. The maximum atomic E-state index is 13.4. The molecule has 0 N–H and O–H groups in total. The fourth-order valence-corrected chi connectivity index (χ4v) is 3.50. The number of hydrogen-bond donors (Lipinski definition) is 0. The van der Waals surface area contributed by atoms with E-state index in [1.807, 2.05) is 17.0 Å². The smallest absolute Gasteiger partial charge is 0.256 e. The Balaban J connectivity index is 3.31. The Bertz CT molecular complexity index is 509. The van der Waals surface area contributed by atoms with Gasteiger partial charge in [-0.2, -0.15) is 0 Å². The Labute approximate surface area is 153 Å². The van der Waals surface area contributed by atoms with Gasteiger partial charge < -0.3 is 4.90 Å². The van der Waals surface area contributed by atoms with Crippen molar-refractivity contribution < 1.29 is 9.90 Å². The molecular formula is C20H34N3O2. The van der Waals surface area contributed by atoms with E-state index in [0.29, 0.717) is 11.1 Å². The maximum Gasteiger partial charge on any atom is 0.256 e. The molecule has 0 saturated heterocycles. The third-order valence-corrected chi connectivity index (χ3v) is 5.12. The van der Waals surface area contributed by atoms with Crippen LogP contribution in [0.1, 0.15) is 57.5 Å². The van der Waals surface area contributed by atoms with Crippen LogP contribution in [0.2, 0.25) is 0 Å². The molecule has 0 heterocycles. The van der Waals surface area contributed by atoms with Crippen molar-refractivity contribution in [2.24, 2.45) is 0 Å². The molecule has 5 heteroatoms. The van der Waals surface area contributed by atoms with Gasteiger partial charge in [-0.05, 0) is 51.7 Å². The summed E-state index contributed by atoms with van der Waals surface area (Å²) in [5, 5.41) is 11.5. The van der Waals surface area contributed by atoms with Gasteiger partial charge in [0.25, 0.3) is 5.91 Å². The lowest BCUT2D eigenvalue weighted by molar-refractivity contribution is -0.0146. The van der Waals surface area contributed by atoms with Crippen molar-refractivity contribution in [3.63, 3.8) is 0 Å². The summed E-state index contributed by atoms with van der Waals surface area (Å²) in [5.74, 6) is -0.0646. The zero-order valence-electron chi connectivity index (χ0n) is 16.7. The Kier molecular flexibility index (Phi) is 9.11. The molecule has 0 fully saturated rings. The first-order valence-corrected chi connectivity index (χ1v) is 9.43. The van der Waals surface area contributed by atoms with Crippen molar-refractivity contribution in [1.82, 2.24) is 14.7 Å². The summed E-state index contributed by atoms with van der Waals surface area (Å²) < 4.78 is 0. The molecule has 0 aliphatic carbocycles. The van der Waals surface area contributed by atoms with Crippen molar-refractivity contribution >= 4 is 5.91 Å². The van der Waals surface area contributed by atoms with Crippen LogP contribution in [0.15, 0.2) is 24.3 Å². The van der Waals surface area contributed by atoms with Gasteiger partial charge in [0.2, 0.25) is 0 Å². The van der Waals surface area contributed by atoms with Crippen LogP contribution in [0.25, 0.3) is 0 Å². The van der Waals surface area contributed by atoms with Gasteiger partial charge in [-0.3, -0.25) is 14.6 Å². The SMILES string of the molecule is CCN(CC)C(C)N(C(=O)c1ccccc1C[O])C(C)N(CC)CC. The van der Waals surface area contributed by atoms with Crippen LogP contribution in [0.4, 0.5) is 0 Å². The van der Waals surface area contributed by atoms with Crippen molar-refractivity contribution in [2.45, 2.75) is 60.5 Å². The van der Waals surface area contributed by atoms with Gasteiger partial charge in [0, 0.05) is 5.56 Å². The van der Waals surface area contributed by atoms with Crippen LogP contribution in [0.5, 0.6) is 0 Å². The first-order valence-electron chi connectivity index (χ1n) is 9.43. The summed E-state index contributed by atoms with van der Waals surface area (Å²) in [6.45, 7) is 15.7. The van der Waals surface area contributed by atoms with Crippen LogP contribution in [-0.4, -0.2) is 59.1 Å². The molecule has 1 aromatic carbocycles. The van der Waals surface area contributed by atoms with E-state index >= 15 is 0 Å². The third kappa shape index (κ3) is 5.03. The number of carbonyl (C=O) groups excluding carboxylic acids is 1. The second-order valence-corrected chi connectivity index (χ2v) is 6.22. The first-order chi connectivity index (χ1) is 12.0. The van der Waals surface area contributed by atoms with Crippen molar-refractivity contribution in [1.29, 1.82) is 0 Å². The van der Waals surface area contributed by atoms with Gasteiger partial charge in [0.1, 0.15) is 6.61 Å². The Hall–Kier alpha value is -1.43. The topological polar surface area (TPSA) is 46.7 Å². The van der Waals surface area contributed by atoms with Gasteiger partial charge in [-0.1, -0.05) is 45.9 Å². The van der Waals surface area contributed by atoms with E-state index < -0.39 is 0 Å². The molecule has 1 aromatic rings. The Morgan fingerprint density at radius 3 is 1.72 bits per heavy atom. The average molecular weight is 349 g/mol. The van der Waals surface area contributed by atoms with Crippen LogP contribution in [-0.2, 0) is 11.7 Å². The normalized spacial score (nSPS) is 14.0. The van der Waals surface area contributed by atoms with Crippen LogP contribution in [0, 0.1) is 0 Å². The number of amides is 1. The Morgan fingerprint density at radius 2 is 1.32 bits per heavy atom. The summed E-state index contributed by atoms with van der Waals surface area (Å²) >= 11 is 0. The third-order valence-electron chi connectivity index (χ3n) is 5.12. The van der Waals surface area contributed by atoms with E-state index in [-0.39, 0.29) is 24.8 Å². The average Bonchev–Trinajstić information content (AvgIpc) is 2.63. The lowest BCUT2D eigenvalue weighted by Gasteiger charge is -2.44. The monoisotopic (exact) mass is 348 g/mol. The van der Waals surface area contributed by atoms with E-state index in [2.05, 4.69) is 51.3 Å². The minimum atomic E-state index is -0.380. The molecule has 0 aliphatic rings. The first kappa shape index (κ1) is 21.6. The van der Waals surface area contributed by atoms with E-state index in [4.69, 9.17) is 0 Å². The highest BCUT2D eigenvalue weighted by molar-refractivity contribution is 5.96. The molecule has 25 heavy (non-hydrogen) atoms. The lowest BCUT2D eigenvalue weighted by Crippen LogP contribution is -2.58. The molecule has 0 bridgehead atoms. The molecule has 1 radical (unpaired) electrons. The summed E-state index contributed by atoms with van der Waals surface area (Å²) in [7, 11) is 0. The molecule has 0 spiro atoms. The number of benzene rings is 1. The van der Waals surface area contributed by atoms with Gasteiger partial charge in [0.05, 0.1) is 12.3 Å². The number of nitrogens with zero attached hydrogens (tertiary/aromatic N) is 3. The van der Waals surface area contributed by atoms with Gasteiger partial charge in [-0.25, -0.2) is 5.11 Å². The van der Waals surface area contributed by atoms with E-state index in [0.717, 1.165) is 26.2 Å². The molecule has 0 aliphatic heterocycles. The quantitative estimate of drug-likeness (QED) is 0.609. The zero-order valence-corrected chi connectivity index (χ0v) is 16.7. The van der Waals surface area contributed by atoms with Crippen molar-refractivity contribution in [2.75, 3.05) is 26.2 Å². The van der Waals surface area contributed by atoms with Crippen molar-refractivity contribution in [3.05, 3.63) is 35.4 Å². The molecule has 1 amide bonds. The molecule has 5 nitrogen and oxygen atoms in total. The fraction of sp³-hybridized carbons (Fsp3) is 0.650. The van der Waals surface area contributed by atoms with E-state index in [9.17, 15) is 9.90 Å². The van der Waals surface area contributed by atoms with Crippen LogP contribution >= 0.6 is 0 Å². The summed E-state index contributed by atoms with van der Waals surface area (Å²) in [6.07, 6.45) is -0.0874. The lowest BCUT2D eigenvalue weighted by atomic mass is 10.1. The van der Waals surface area contributed by atoms with Gasteiger partial charge in [0.15, 0.2) is 0 Å². The van der Waals surface area contributed by atoms with E-state index in [1.54, 1.807) is 12.1 Å². The molecule has 0 saturated carbocycles. The fourth-order valence-electron chi connectivity index (χ4n) is 3.50. The minimum absolute atomic E-state index is 0.0437. The molecule has 1 rings (SSSR count). The van der Waals surface area contributed by atoms with Gasteiger partial charge in [-0.15, -0.1) is 0 Å².